The van der Waals surface area contributed by atoms with Gasteiger partial charge in [0.2, 0.25) is 0 Å². The lowest BCUT2D eigenvalue weighted by Crippen LogP contribution is -2.39. The second-order valence-corrected chi connectivity index (χ2v) is 12.3. The molecule has 0 heterocycles. The SMILES string of the molecule is CC(C)(N)CC(C)(C)CC1=C(CC(C)(C)CC(C)(C)N)C(=O)c2c(O)cccc2C1=O. The highest BCUT2D eigenvalue weighted by Gasteiger charge is 2.40. The van der Waals surface area contributed by atoms with Gasteiger partial charge in [0.25, 0.3) is 0 Å². The van der Waals surface area contributed by atoms with Crippen LogP contribution in [0.4, 0.5) is 0 Å². The molecule has 0 atom stereocenters. The largest absolute Gasteiger partial charge is 0.507 e. The molecule has 1 aromatic rings. The summed E-state index contributed by atoms with van der Waals surface area (Å²) in [6.45, 7) is 16.2. The van der Waals surface area contributed by atoms with Gasteiger partial charge < -0.3 is 16.6 Å². The van der Waals surface area contributed by atoms with E-state index < -0.39 is 11.1 Å². The standard InChI is InChI=1S/C26H40N2O3/c1-23(2,14-25(5,6)27)12-17-18(13-24(3,4)15-26(7,8)28)22(31)20-16(21(17)30)10-9-11-19(20)29/h9-11,29H,12-15,27-28H2,1-8H3. The molecule has 0 saturated carbocycles. The maximum Gasteiger partial charge on any atom is 0.193 e. The molecule has 1 aromatic carbocycles. The molecule has 0 aliphatic heterocycles. The summed E-state index contributed by atoms with van der Waals surface area (Å²) in [5.74, 6) is -0.577. The number of carbonyl (C=O) groups is 2. The van der Waals surface area contributed by atoms with E-state index in [1.807, 2.05) is 27.7 Å². The van der Waals surface area contributed by atoms with E-state index >= 15 is 0 Å². The fraction of sp³-hybridized carbons (Fsp3) is 0.615. The second-order valence-electron chi connectivity index (χ2n) is 12.3. The summed E-state index contributed by atoms with van der Waals surface area (Å²) < 4.78 is 0. The normalized spacial score (nSPS) is 16.1. The van der Waals surface area contributed by atoms with Crippen molar-refractivity contribution >= 4 is 11.6 Å². The first-order chi connectivity index (χ1) is 13.8. The Labute approximate surface area is 187 Å². The van der Waals surface area contributed by atoms with Crippen molar-refractivity contribution in [3.05, 3.63) is 40.5 Å². The van der Waals surface area contributed by atoms with Crippen molar-refractivity contribution in [3.63, 3.8) is 0 Å². The number of aromatic hydroxyl groups is 1. The highest BCUT2D eigenvalue weighted by molar-refractivity contribution is 6.27. The van der Waals surface area contributed by atoms with Crippen LogP contribution in [0.15, 0.2) is 29.3 Å². The van der Waals surface area contributed by atoms with Crippen molar-refractivity contribution in [1.82, 2.24) is 0 Å². The van der Waals surface area contributed by atoms with E-state index in [2.05, 4.69) is 27.7 Å². The van der Waals surface area contributed by atoms with Gasteiger partial charge in [-0.25, -0.2) is 0 Å². The summed E-state index contributed by atoms with van der Waals surface area (Å²) in [7, 11) is 0. The summed E-state index contributed by atoms with van der Waals surface area (Å²) in [6.07, 6.45) is 2.25. The maximum absolute atomic E-state index is 13.6. The molecular formula is C26H40N2O3. The minimum Gasteiger partial charge on any atom is -0.507 e. The second kappa shape index (κ2) is 8.18. The van der Waals surface area contributed by atoms with E-state index in [4.69, 9.17) is 11.5 Å². The Hall–Kier alpha value is -1.98. The molecule has 0 amide bonds. The lowest BCUT2D eigenvalue weighted by atomic mass is 9.68. The van der Waals surface area contributed by atoms with E-state index in [1.165, 1.54) is 6.07 Å². The number of rotatable bonds is 8. The van der Waals surface area contributed by atoms with E-state index in [0.717, 1.165) is 0 Å². The molecule has 0 saturated heterocycles. The molecule has 172 valence electrons. The number of carbonyl (C=O) groups excluding carboxylic acids is 2. The van der Waals surface area contributed by atoms with Gasteiger partial charge in [-0.05, 0) is 70.3 Å². The van der Waals surface area contributed by atoms with Crippen molar-refractivity contribution in [2.75, 3.05) is 0 Å². The van der Waals surface area contributed by atoms with Crippen molar-refractivity contribution < 1.29 is 14.7 Å². The number of nitrogens with two attached hydrogens (primary N) is 2. The summed E-state index contributed by atoms with van der Waals surface area (Å²) in [5.41, 5.74) is 12.6. The summed E-state index contributed by atoms with van der Waals surface area (Å²) in [6, 6.07) is 4.69. The number of phenolic OH excluding ortho intramolecular Hbond substituents is 1. The van der Waals surface area contributed by atoms with E-state index in [-0.39, 0.29) is 39.3 Å². The number of ketones is 2. The molecule has 5 N–H and O–H groups in total. The summed E-state index contributed by atoms with van der Waals surface area (Å²) >= 11 is 0. The van der Waals surface area contributed by atoms with Gasteiger partial charge in [0, 0.05) is 27.8 Å². The van der Waals surface area contributed by atoms with Crippen LogP contribution in [0.1, 0.15) is 102 Å². The van der Waals surface area contributed by atoms with Gasteiger partial charge in [-0.3, -0.25) is 9.59 Å². The van der Waals surface area contributed by atoms with E-state index in [9.17, 15) is 14.7 Å². The molecule has 5 nitrogen and oxygen atoms in total. The lowest BCUT2D eigenvalue weighted by molar-refractivity contribution is 0.0949. The Morgan fingerprint density at radius 1 is 0.742 bits per heavy atom. The number of allylic oxidation sites excluding steroid dienone is 2. The van der Waals surface area contributed by atoms with Crippen LogP contribution in [0.5, 0.6) is 5.75 Å². The molecular weight excluding hydrogens is 388 g/mol. The zero-order chi connectivity index (χ0) is 24.0. The van der Waals surface area contributed by atoms with Crippen LogP contribution >= 0.6 is 0 Å². The van der Waals surface area contributed by atoms with Gasteiger partial charge >= 0.3 is 0 Å². The van der Waals surface area contributed by atoms with Crippen LogP contribution in [0.3, 0.4) is 0 Å². The van der Waals surface area contributed by atoms with Gasteiger partial charge in [0.15, 0.2) is 11.6 Å². The number of benzene rings is 1. The first-order valence-electron chi connectivity index (χ1n) is 11.0. The molecule has 0 fully saturated rings. The minimum absolute atomic E-state index is 0.117. The molecule has 2 rings (SSSR count). The van der Waals surface area contributed by atoms with Crippen LogP contribution < -0.4 is 11.5 Å². The zero-order valence-corrected chi connectivity index (χ0v) is 20.5. The first-order valence-corrected chi connectivity index (χ1v) is 11.0. The van der Waals surface area contributed by atoms with Gasteiger partial charge in [0.1, 0.15) is 5.75 Å². The Kier molecular flexibility index (Phi) is 6.67. The maximum atomic E-state index is 13.6. The Morgan fingerprint density at radius 3 is 1.58 bits per heavy atom. The molecule has 0 bridgehead atoms. The minimum atomic E-state index is -0.408. The molecule has 0 unspecified atom stereocenters. The van der Waals surface area contributed by atoms with Crippen molar-refractivity contribution in [3.8, 4) is 5.75 Å². The molecule has 1 aliphatic rings. The average Bonchev–Trinajstić information content (AvgIpc) is 2.51. The monoisotopic (exact) mass is 428 g/mol. The topological polar surface area (TPSA) is 106 Å². The molecule has 1 aliphatic carbocycles. The first kappa shape index (κ1) is 25.3. The predicted octanol–water partition coefficient (Wildman–Crippen LogP) is 5.16. The van der Waals surface area contributed by atoms with Gasteiger partial charge in [0.05, 0.1) is 5.56 Å². The fourth-order valence-corrected chi connectivity index (χ4v) is 5.48. The van der Waals surface area contributed by atoms with E-state index in [0.29, 0.717) is 36.8 Å². The number of Topliss-reactive ketones (excluding diaryl/α,β-unsaturated/α-hetero) is 2. The third-order valence-electron chi connectivity index (χ3n) is 5.61. The predicted molar refractivity (Wildman–Crippen MR) is 126 cm³/mol. The summed E-state index contributed by atoms with van der Waals surface area (Å²) in [4.78, 5) is 27.1. The Balaban J connectivity index is 2.60. The van der Waals surface area contributed by atoms with Crippen LogP contribution in [0.2, 0.25) is 0 Å². The number of phenols is 1. The fourth-order valence-electron chi connectivity index (χ4n) is 5.48. The molecule has 0 spiro atoms. The highest BCUT2D eigenvalue weighted by atomic mass is 16.3. The smallest absolute Gasteiger partial charge is 0.193 e. The third-order valence-corrected chi connectivity index (χ3v) is 5.61. The van der Waals surface area contributed by atoms with Crippen molar-refractivity contribution in [2.45, 2.75) is 92.2 Å². The molecule has 31 heavy (non-hydrogen) atoms. The van der Waals surface area contributed by atoms with Crippen molar-refractivity contribution in [2.24, 2.45) is 22.3 Å². The van der Waals surface area contributed by atoms with Crippen LogP contribution in [-0.4, -0.2) is 27.8 Å². The zero-order valence-electron chi connectivity index (χ0n) is 20.5. The Bertz CT molecular complexity index is 910. The lowest BCUT2D eigenvalue weighted by Gasteiger charge is -2.37. The van der Waals surface area contributed by atoms with Gasteiger partial charge in [-0.1, -0.05) is 39.8 Å². The molecule has 5 heteroatoms. The van der Waals surface area contributed by atoms with Crippen LogP contribution in [0.25, 0.3) is 0 Å². The van der Waals surface area contributed by atoms with Crippen LogP contribution in [-0.2, 0) is 0 Å². The highest BCUT2D eigenvalue weighted by Crippen LogP contribution is 2.44. The van der Waals surface area contributed by atoms with Gasteiger partial charge in [-0.15, -0.1) is 0 Å². The number of fused-ring (bicyclic) bond motifs is 1. The van der Waals surface area contributed by atoms with Crippen LogP contribution in [0, 0.1) is 10.8 Å². The van der Waals surface area contributed by atoms with Gasteiger partial charge in [-0.2, -0.15) is 0 Å². The molecule has 0 aromatic heterocycles. The summed E-state index contributed by atoms with van der Waals surface area (Å²) in [5, 5.41) is 10.4. The van der Waals surface area contributed by atoms with Crippen molar-refractivity contribution in [1.29, 1.82) is 0 Å². The third kappa shape index (κ3) is 6.50. The van der Waals surface area contributed by atoms with E-state index in [1.54, 1.807) is 12.1 Å². The quantitative estimate of drug-likeness (QED) is 0.530. The number of hydrogen-bond acceptors (Lipinski definition) is 5. The average molecular weight is 429 g/mol. The molecule has 0 radical (unpaired) electrons. The Morgan fingerprint density at radius 2 is 1.16 bits per heavy atom. The number of hydrogen-bond donors (Lipinski definition) is 3.